The first-order valence-corrected chi connectivity index (χ1v) is 8.17. The van der Waals surface area contributed by atoms with Crippen molar-refractivity contribution < 1.29 is 4.79 Å². The maximum absolute atomic E-state index is 11.7. The molecule has 0 bridgehead atoms. The lowest BCUT2D eigenvalue weighted by atomic mass is 9.86. The third kappa shape index (κ3) is 3.65. The van der Waals surface area contributed by atoms with Crippen LogP contribution in [-0.4, -0.2) is 36.5 Å². The quantitative estimate of drug-likeness (QED) is 0.833. The molecule has 0 spiro atoms. The number of fused-ring (bicyclic) bond motifs is 1. The third-order valence-corrected chi connectivity index (χ3v) is 5.23. The second-order valence-corrected chi connectivity index (χ2v) is 7.20. The Hall–Kier alpha value is -0.710. The summed E-state index contributed by atoms with van der Waals surface area (Å²) < 4.78 is 0. The van der Waals surface area contributed by atoms with Crippen LogP contribution in [0.15, 0.2) is 4.99 Å². The third-order valence-electron chi connectivity index (χ3n) is 4.11. The maximum atomic E-state index is 11.7. The number of aliphatic imine (C=N–C) groups is 1. The van der Waals surface area contributed by atoms with Crippen LogP contribution < -0.4 is 10.6 Å². The van der Waals surface area contributed by atoms with Gasteiger partial charge in [-0.15, -0.1) is 0 Å². The van der Waals surface area contributed by atoms with Crippen molar-refractivity contribution >= 4 is 22.8 Å². The maximum Gasteiger partial charge on any atom is 0.227 e. The lowest BCUT2D eigenvalue weighted by Gasteiger charge is -2.37. The van der Waals surface area contributed by atoms with E-state index in [-0.39, 0.29) is 5.91 Å². The first-order chi connectivity index (χ1) is 9.03. The normalized spacial score (nSPS) is 29.5. The Labute approximate surface area is 120 Å². The molecule has 0 aromatic rings. The lowest BCUT2D eigenvalue weighted by Crippen LogP contribution is -2.46. The number of hydrogen-bond acceptors (Lipinski definition) is 3. The molecular formula is C14H25N3OS. The Balaban J connectivity index is 1.92. The van der Waals surface area contributed by atoms with Gasteiger partial charge in [-0.2, -0.15) is 0 Å². The van der Waals surface area contributed by atoms with Gasteiger partial charge in [-0.1, -0.05) is 24.6 Å². The van der Waals surface area contributed by atoms with E-state index in [1.165, 1.54) is 31.4 Å². The molecule has 2 aliphatic rings. The zero-order valence-electron chi connectivity index (χ0n) is 12.2. The molecule has 2 unspecified atom stereocenters. The average molecular weight is 283 g/mol. The summed E-state index contributed by atoms with van der Waals surface area (Å²) in [5.74, 6) is 2.04. The number of thioether (sulfide) groups is 1. The zero-order valence-corrected chi connectivity index (χ0v) is 13.0. The number of amidine groups is 1. The van der Waals surface area contributed by atoms with Crippen molar-refractivity contribution in [3.8, 4) is 0 Å². The minimum Gasteiger partial charge on any atom is -0.362 e. The second kappa shape index (κ2) is 6.16. The molecule has 1 heterocycles. The largest absolute Gasteiger partial charge is 0.362 e. The summed E-state index contributed by atoms with van der Waals surface area (Å²) in [6.45, 7) is 4.42. The highest BCUT2D eigenvalue weighted by molar-refractivity contribution is 8.13. The summed E-state index contributed by atoms with van der Waals surface area (Å²) in [4.78, 5) is 16.3. The number of nitrogens with zero attached hydrogens (tertiary/aromatic N) is 1. The van der Waals surface area contributed by atoms with E-state index in [2.05, 4.69) is 15.6 Å². The Bertz CT molecular complexity index is 368. The number of hydrogen-bond donors (Lipinski definition) is 2. The number of carbonyl (C=O) groups excluding carboxylic acids is 1. The molecule has 0 radical (unpaired) electrons. The zero-order chi connectivity index (χ0) is 13.9. The van der Waals surface area contributed by atoms with Gasteiger partial charge < -0.3 is 10.6 Å². The van der Waals surface area contributed by atoms with E-state index in [1.807, 2.05) is 25.6 Å². The number of rotatable bonds is 3. The molecular weight excluding hydrogens is 258 g/mol. The summed E-state index contributed by atoms with van der Waals surface area (Å²) in [6.07, 6.45) is 5.32. The standard InChI is InChI=1S/C14H25N3OS/c1-14(2,12(18)15-3)9-16-13-17-11-7-5-4-6-10(11)8-19-13/h10-11H,4-9H2,1-3H3,(H,15,18)(H,16,17). The van der Waals surface area contributed by atoms with E-state index in [0.717, 1.165) is 11.1 Å². The van der Waals surface area contributed by atoms with Gasteiger partial charge in [0.05, 0.1) is 12.0 Å². The van der Waals surface area contributed by atoms with Crippen molar-refractivity contribution in [1.29, 1.82) is 0 Å². The van der Waals surface area contributed by atoms with E-state index in [0.29, 0.717) is 12.6 Å². The summed E-state index contributed by atoms with van der Waals surface area (Å²) >= 11 is 1.82. The summed E-state index contributed by atoms with van der Waals surface area (Å²) in [6, 6.07) is 0.608. The fourth-order valence-corrected chi connectivity index (χ4v) is 3.92. The molecule has 2 rings (SSSR count). The van der Waals surface area contributed by atoms with Crippen molar-refractivity contribution in [2.75, 3.05) is 19.3 Å². The SMILES string of the molecule is CNC(=O)C(C)(C)CN=C1NC2CCCCC2CS1. The van der Waals surface area contributed by atoms with Crippen LogP contribution in [0.25, 0.3) is 0 Å². The van der Waals surface area contributed by atoms with E-state index in [9.17, 15) is 4.79 Å². The van der Waals surface area contributed by atoms with Crippen molar-refractivity contribution in [2.24, 2.45) is 16.3 Å². The highest BCUT2D eigenvalue weighted by Crippen LogP contribution is 2.31. The number of nitrogens with one attached hydrogen (secondary N) is 2. The van der Waals surface area contributed by atoms with Gasteiger partial charge in [0, 0.05) is 18.8 Å². The van der Waals surface area contributed by atoms with E-state index in [1.54, 1.807) is 7.05 Å². The molecule has 5 heteroatoms. The molecule has 4 nitrogen and oxygen atoms in total. The monoisotopic (exact) mass is 283 g/mol. The van der Waals surface area contributed by atoms with Gasteiger partial charge in [0.25, 0.3) is 0 Å². The molecule has 1 amide bonds. The summed E-state index contributed by atoms with van der Waals surface area (Å²) in [7, 11) is 1.68. The second-order valence-electron chi connectivity index (χ2n) is 6.19. The summed E-state index contributed by atoms with van der Waals surface area (Å²) in [5, 5.41) is 7.30. The molecule has 1 aliphatic carbocycles. The van der Waals surface area contributed by atoms with Gasteiger partial charge in [0.2, 0.25) is 5.91 Å². The lowest BCUT2D eigenvalue weighted by molar-refractivity contribution is -0.128. The average Bonchev–Trinajstić information content (AvgIpc) is 2.44. The Morgan fingerprint density at radius 3 is 2.95 bits per heavy atom. The molecule has 2 N–H and O–H groups in total. The van der Waals surface area contributed by atoms with Crippen LogP contribution in [0.5, 0.6) is 0 Å². The van der Waals surface area contributed by atoms with Gasteiger partial charge in [-0.25, -0.2) is 0 Å². The fourth-order valence-electron chi connectivity index (χ4n) is 2.75. The highest BCUT2D eigenvalue weighted by atomic mass is 32.2. The van der Waals surface area contributed by atoms with Gasteiger partial charge in [-0.3, -0.25) is 9.79 Å². The smallest absolute Gasteiger partial charge is 0.227 e. The topological polar surface area (TPSA) is 53.5 Å². The Kier molecular flexibility index (Phi) is 4.76. The van der Waals surface area contributed by atoms with Gasteiger partial charge >= 0.3 is 0 Å². The fraction of sp³-hybridized carbons (Fsp3) is 0.857. The predicted molar refractivity (Wildman–Crippen MR) is 81.5 cm³/mol. The highest BCUT2D eigenvalue weighted by Gasteiger charge is 2.31. The molecule has 2 fully saturated rings. The van der Waals surface area contributed by atoms with Crippen molar-refractivity contribution in [3.63, 3.8) is 0 Å². The van der Waals surface area contributed by atoms with Gasteiger partial charge in [0.1, 0.15) is 0 Å². The molecule has 0 aromatic heterocycles. The summed E-state index contributed by atoms with van der Waals surface area (Å²) in [5.41, 5.74) is -0.437. The number of carbonyl (C=O) groups is 1. The molecule has 1 saturated carbocycles. The molecule has 1 saturated heterocycles. The molecule has 1 aliphatic heterocycles. The van der Waals surface area contributed by atoms with Crippen LogP contribution in [0.4, 0.5) is 0 Å². The Morgan fingerprint density at radius 1 is 1.47 bits per heavy atom. The van der Waals surface area contributed by atoms with Crippen molar-refractivity contribution in [2.45, 2.75) is 45.6 Å². The van der Waals surface area contributed by atoms with E-state index >= 15 is 0 Å². The van der Waals surface area contributed by atoms with Crippen LogP contribution in [0.1, 0.15) is 39.5 Å². The van der Waals surface area contributed by atoms with Crippen molar-refractivity contribution in [3.05, 3.63) is 0 Å². The first kappa shape index (κ1) is 14.7. The molecule has 0 aromatic carbocycles. The van der Waals surface area contributed by atoms with Gasteiger partial charge in [0.15, 0.2) is 5.17 Å². The number of amides is 1. The first-order valence-electron chi connectivity index (χ1n) is 7.19. The van der Waals surface area contributed by atoms with Crippen LogP contribution in [0.3, 0.4) is 0 Å². The van der Waals surface area contributed by atoms with Crippen LogP contribution >= 0.6 is 11.8 Å². The molecule has 19 heavy (non-hydrogen) atoms. The van der Waals surface area contributed by atoms with E-state index < -0.39 is 5.41 Å². The van der Waals surface area contributed by atoms with Crippen LogP contribution in [0.2, 0.25) is 0 Å². The van der Waals surface area contributed by atoms with E-state index in [4.69, 9.17) is 0 Å². The van der Waals surface area contributed by atoms with Crippen molar-refractivity contribution in [1.82, 2.24) is 10.6 Å². The molecule has 108 valence electrons. The van der Waals surface area contributed by atoms with Crippen LogP contribution in [-0.2, 0) is 4.79 Å². The minimum absolute atomic E-state index is 0.0493. The predicted octanol–water partition coefficient (Wildman–Crippen LogP) is 2.01. The van der Waals surface area contributed by atoms with Gasteiger partial charge in [-0.05, 0) is 32.6 Å². The Morgan fingerprint density at radius 2 is 2.21 bits per heavy atom. The molecule has 2 atom stereocenters. The minimum atomic E-state index is -0.437. The van der Waals surface area contributed by atoms with Crippen LogP contribution in [0, 0.1) is 11.3 Å².